The zero-order chi connectivity index (χ0) is 16.9. The minimum absolute atomic E-state index is 0.101. The van der Waals surface area contributed by atoms with Crippen LogP contribution in [-0.4, -0.2) is 32.6 Å². The van der Waals surface area contributed by atoms with E-state index in [1.54, 1.807) is 12.4 Å². The van der Waals surface area contributed by atoms with Gasteiger partial charge in [-0.2, -0.15) is 0 Å². The molecule has 0 aromatic carbocycles. The molecule has 1 aliphatic carbocycles. The number of carbonyl (C=O) groups excluding carboxylic acids is 1. The van der Waals surface area contributed by atoms with Crippen molar-refractivity contribution in [1.82, 2.24) is 19.5 Å². The Labute approximate surface area is 138 Å². The Hall–Kier alpha value is -2.96. The summed E-state index contributed by atoms with van der Waals surface area (Å²) in [6, 6.07) is 3.75. The van der Waals surface area contributed by atoms with Crippen LogP contribution < -0.4 is 5.73 Å². The number of methoxy groups -OCH3 is 1. The van der Waals surface area contributed by atoms with Crippen molar-refractivity contribution in [3.8, 4) is 11.3 Å². The first-order valence-corrected chi connectivity index (χ1v) is 7.71. The molecule has 1 saturated carbocycles. The van der Waals surface area contributed by atoms with E-state index in [0.717, 1.165) is 24.1 Å². The van der Waals surface area contributed by atoms with E-state index >= 15 is 0 Å². The van der Waals surface area contributed by atoms with E-state index in [0.29, 0.717) is 16.6 Å². The van der Waals surface area contributed by atoms with Crippen LogP contribution in [0.2, 0.25) is 0 Å². The number of nitrogens with two attached hydrogens (primary N) is 1. The summed E-state index contributed by atoms with van der Waals surface area (Å²) in [6.45, 7) is 2.14. The Morgan fingerprint density at radius 2 is 2.17 bits per heavy atom. The lowest BCUT2D eigenvalue weighted by Crippen LogP contribution is -2.15. The van der Waals surface area contributed by atoms with Crippen LogP contribution in [0.1, 0.15) is 30.1 Å². The number of hydrogen-bond acceptors (Lipinski definition) is 6. The van der Waals surface area contributed by atoms with E-state index in [1.807, 2.05) is 12.1 Å². The van der Waals surface area contributed by atoms with Crippen LogP contribution in [0.4, 0.5) is 5.82 Å². The van der Waals surface area contributed by atoms with Crippen LogP contribution in [0.3, 0.4) is 0 Å². The van der Waals surface area contributed by atoms with Gasteiger partial charge in [0.05, 0.1) is 23.8 Å². The van der Waals surface area contributed by atoms with E-state index in [4.69, 9.17) is 10.5 Å². The predicted molar refractivity (Wildman–Crippen MR) is 89.4 cm³/mol. The molecule has 3 heterocycles. The minimum atomic E-state index is -0.455. The van der Waals surface area contributed by atoms with Crippen molar-refractivity contribution in [1.29, 1.82) is 0 Å². The molecule has 7 nitrogen and oxygen atoms in total. The first-order valence-electron chi connectivity index (χ1n) is 7.71. The Morgan fingerprint density at radius 3 is 2.79 bits per heavy atom. The lowest BCUT2D eigenvalue weighted by molar-refractivity contribution is 0.0603. The van der Waals surface area contributed by atoms with Gasteiger partial charge in [0.15, 0.2) is 0 Å². The number of nitrogens with zero attached hydrogens (tertiary/aromatic N) is 4. The van der Waals surface area contributed by atoms with E-state index in [-0.39, 0.29) is 11.4 Å². The maximum atomic E-state index is 12.6. The van der Waals surface area contributed by atoms with Gasteiger partial charge in [0.25, 0.3) is 0 Å². The average molecular weight is 323 g/mol. The van der Waals surface area contributed by atoms with Crippen molar-refractivity contribution in [2.45, 2.75) is 25.3 Å². The van der Waals surface area contributed by atoms with Crippen molar-refractivity contribution < 1.29 is 9.53 Å². The maximum absolute atomic E-state index is 12.6. The van der Waals surface area contributed by atoms with Gasteiger partial charge >= 0.3 is 5.97 Å². The monoisotopic (exact) mass is 323 g/mol. The smallest absolute Gasteiger partial charge is 0.340 e. The molecular formula is C17H17N5O2. The predicted octanol–water partition coefficient (Wildman–Crippen LogP) is 2.37. The molecule has 0 radical (unpaired) electrons. The van der Waals surface area contributed by atoms with Crippen LogP contribution in [0, 0.1) is 0 Å². The fraction of sp³-hybridized carbons (Fsp3) is 0.294. The van der Waals surface area contributed by atoms with Gasteiger partial charge in [-0.25, -0.2) is 14.8 Å². The van der Waals surface area contributed by atoms with Crippen molar-refractivity contribution in [3.63, 3.8) is 0 Å². The first-order chi connectivity index (χ1) is 11.6. The quantitative estimate of drug-likeness (QED) is 0.743. The molecule has 122 valence electrons. The fourth-order valence-electron chi connectivity index (χ4n) is 3.14. The second-order valence-electron chi connectivity index (χ2n) is 6.25. The van der Waals surface area contributed by atoms with Crippen LogP contribution in [0.5, 0.6) is 0 Å². The topological polar surface area (TPSA) is 95.9 Å². The molecular weight excluding hydrogens is 306 g/mol. The zero-order valence-electron chi connectivity index (χ0n) is 13.5. The molecule has 0 aliphatic heterocycles. The molecule has 2 N–H and O–H groups in total. The lowest BCUT2D eigenvalue weighted by Gasteiger charge is -2.17. The van der Waals surface area contributed by atoms with E-state index < -0.39 is 5.97 Å². The van der Waals surface area contributed by atoms with Crippen molar-refractivity contribution in [3.05, 3.63) is 36.4 Å². The highest BCUT2D eigenvalue weighted by Gasteiger charge is 2.44. The Balaban J connectivity index is 2.19. The average Bonchev–Trinajstić information content (AvgIpc) is 3.23. The number of anilines is 1. The molecule has 0 spiro atoms. The molecule has 0 bridgehead atoms. The molecule has 0 saturated heterocycles. The Morgan fingerprint density at radius 1 is 1.38 bits per heavy atom. The lowest BCUT2D eigenvalue weighted by atomic mass is 10.1. The second-order valence-corrected chi connectivity index (χ2v) is 6.25. The Kier molecular flexibility index (Phi) is 3.06. The van der Waals surface area contributed by atoms with Gasteiger partial charge in [0.2, 0.25) is 0 Å². The van der Waals surface area contributed by atoms with Gasteiger partial charge in [0, 0.05) is 23.5 Å². The number of pyridine rings is 1. The molecule has 3 aromatic rings. The summed E-state index contributed by atoms with van der Waals surface area (Å²) in [6.07, 6.45) is 6.87. The number of nitrogen functional groups attached to an aromatic ring is 1. The summed E-state index contributed by atoms with van der Waals surface area (Å²) in [4.78, 5) is 25.2. The fourth-order valence-corrected chi connectivity index (χ4v) is 3.14. The number of fused-ring (bicyclic) bond motifs is 1. The number of ether oxygens (including phenoxy) is 1. The van der Waals surface area contributed by atoms with Crippen molar-refractivity contribution in [2.75, 3.05) is 12.8 Å². The summed E-state index contributed by atoms with van der Waals surface area (Å²) in [5.74, 6) is -0.183. The van der Waals surface area contributed by atoms with E-state index in [9.17, 15) is 4.79 Å². The van der Waals surface area contributed by atoms with Crippen LogP contribution >= 0.6 is 0 Å². The summed E-state index contributed by atoms with van der Waals surface area (Å²) < 4.78 is 7.11. The largest absolute Gasteiger partial charge is 0.465 e. The molecule has 0 unspecified atom stereocenters. The molecule has 1 fully saturated rings. The standard InChI is InChI=1S/C17H17N5O2/c1-17(5-6-17)22-13(10-4-3-7-19-8-10)11(16(23)24-2)12-14(18)20-9-21-15(12)22/h3-4,7-9H,5-6H2,1-2H3,(H2,18,20,21). The SMILES string of the molecule is COC(=O)c1c(-c2cccnc2)n(C2(C)CC2)c2ncnc(N)c12. The summed E-state index contributed by atoms with van der Waals surface area (Å²) in [5.41, 5.74) is 8.59. The molecule has 0 atom stereocenters. The van der Waals surface area contributed by atoms with Crippen LogP contribution in [0.15, 0.2) is 30.9 Å². The third kappa shape index (κ3) is 1.97. The zero-order valence-corrected chi connectivity index (χ0v) is 13.5. The molecule has 7 heteroatoms. The summed E-state index contributed by atoms with van der Waals surface area (Å²) >= 11 is 0. The van der Waals surface area contributed by atoms with Gasteiger partial charge < -0.3 is 15.0 Å². The van der Waals surface area contributed by atoms with Crippen LogP contribution in [-0.2, 0) is 10.3 Å². The highest BCUT2D eigenvalue weighted by Crippen LogP contribution is 2.49. The molecule has 0 amide bonds. The van der Waals surface area contributed by atoms with Gasteiger partial charge in [-0.15, -0.1) is 0 Å². The summed E-state index contributed by atoms with van der Waals surface area (Å²) in [5, 5.41) is 0.538. The Bertz CT molecular complexity index is 945. The van der Waals surface area contributed by atoms with Crippen LogP contribution in [0.25, 0.3) is 22.3 Å². The van der Waals surface area contributed by atoms with Crippen molar-refractivity contribution >= 4 is 22.8 Å². The van der Waals surface area contributed by atoms with Gasteiger partial charge in [0.1, 0.15) is 17.8 Å². The van der Waals surface area contributed by atoms with Gasteiger partial charge in [-0.05, 0) is 31.9 Å². The molecule has 24 heavy (non-hydrogen) atoms. The highest BCUT2D eigenvalue weighted by molar-refractivity contribution is 6.13. The van der Waals surface area contributed by atoms with Gasteiger partial charge in [-0.1, -0.05) is 0 Å². The number of hydrogen-bond donors (Lipinski definition) is 1. The minimum Gasteiger partial charge on any atom is -0.465 e. The van der Waals surface area contributed by atoms with E-state index in [2.05, 4.69) is 26.4 Å². The normalized spacial score (nSPS) is 15.4. The van der Waals surface area contributed by atoms with Crippen molar-refractivity contribution in [2.24, 2.45) is 0 Å². The number of esters is 1. The third-order valence-corrected chi connectivity index (χ3v) is 4.62. The van der Waals surface area contributed by atoms with E-state index in [1.165, 1.54) is 13.4 Å². The first kappa shape index (κ1) is 14.6. The maximum Gasteiger partial charge on any atom is 0.340 e. The third-order valence-electron chi connectivity index (χ3n) is 4.62. The molecule has 1 aliphatic rings. The number of carbonyl (C=O) groups is 1. The van der Waals surface area contributed by atoms with Gasteiger partial charge in [-0.3, -0.25) is 4.98 Å². The molecule has 3 aromatic heterocycles. The number of aromatic nitrogens is 4. The number of rotatable bonds is 3. The molecule has 4 rings (SSSR count). The summed E-state index contributed by atoms with van der Waals surface area (Å²) in [7, 11) is 1.36. The highest BCUT2D eigenvalue weighted by atomic mass is 16.5. The second kappa shape index (κ2) is 5.02.